The third-order valence-corrected chi connectivity index (χ3v) is 6.55. The van der Waals surface area contributed by atoms with E-state index in [0.29, 0.717) is 35.1 Å². The molecule has 1 saturated carbocycles. The topological polar surface area (TPSA) is 88.0 Å². The van der Waals surface area contributed by atoms with Crippen LogP contribution in [-0.2, 0) is 0 Å². The highest BCUT2D eigenvalue weighted by Gasteiger charge is 2.34. The Hall–Kier alpha value is -2.41. The highest BCUT2D eigenvalue weighted by Crippen LogP contribution is 2.44. The van der Waals surface area contributed by atoms with E-state index in [9.17, 15) is 14.7 Å². The molecule has 1 aliphatic heterocycles. The lowest BCUT2D eigenvalue weighted by Gasteiger charge is -2.26. The minimum absolute atomic E-state index is 0.0617. The summed E-state index contributed by atoms with van der Waals surface area (Å²) in [5.41, 5.74) is 8.03. The van der Waals surface area contributed by atoms with Crippen molar-refractivity contribution in [3.05, 3.63) is 45.1 Å². The van der Waals surface area contributed by atoms with E-state index in [-0.39, 0.29) is 17.5 Å². The molecule has 2 aromatic heterocycles. The fourth-order valence-corrected chi connectivity index (χ4v) is 4.74. The molecule has 1 aliphatic carbocycles. The quantitative estimate of drug-likeness (QED) is 0.804. The lowest BCUT2D eigenvalue weighted by molar-refractivity contribution is 0.0694. The number of hydrogen-bond acceptors (Lipinski definition) is 4. The minimum Gasteiger partial charge on any atom is -0.477 e. The van der Waals surface area contributed by atoms with Crippen LogP contribution in [0, 0.1) is 24.6 Å². The van der Waals surface area contributed by atoms with Gasteiger partial charge in [0.1, 0.15) is 5.56 Å². The Bertz CT molecular complexity index is 1040. The minimum atomic E-state index is -1.28. The van der Waals surface area contributed by atoms with Gasteiger partial charge in [0, 0.05) is 19.1 Å². The lowest BCUT2D eigenvalue weighted by Crippen LogP contribution is -2.37. The smallest absolute Gasteiger partial charge is 0.341 e. The Balaban J connectivity index is 1.85. The van der Waals surface area contributed by atoms with Gasteiger partial charge in [0.2, 0.25) is 0 Å². The highest BCUT2D eigenvalue weighted by atomic mass is 19.1. The third kappa shape index (κ3) is 3.31. The van der Waals surface area contributed by atoms with Gasteiger partial charge in [-0.3, -0.25) is 9.20 Å². The van der Waals surface area contributed by atoms with E-state index in [0.717, 1.165) is 37.6 Å². The van der Waals surface area contributed by atoms with E-state index in [4.69, 9.17) is 5.73 Å². The van der Waals surface area contributed by atoms with Gasteiger partial charge in [-0.05, 0) is 61.1 Å². The standard InChI is InChI=1S/C22H28FN3O3/c1-11(2)18(24)14-6-7-25(9-14)20-12(3)19-15(13-4-5-13)8-16(22(28)29)21(27)26(19)10-17(20)23/h8,10-11,13-14,18H,4-7,9,24H2,1-3H3,(H,28,29)/t14?,18-/m0/s1. The van der Waals surface area contributed by atoms with Gasteiger partial charge in [-0.1, -0.05) is 13.8 Å². The van der Waals surface area contributed by atoms with Crippen LogP contribution in [-0.4, -0.2) is 34.6 Å². The predicted octanol–water partition coefficient (Wildman–Crippen LogP) is 3.13. The summed E-state index contributed by atoms with van der Waals surface area (Å²) in [6, 6.07) is 1.56. The third-order valence-electron chi connectivity index (χ3n) is 6.55. The summed E-state index contributed by atoms with van der Waals surface area (Å²) in [5, 5.41) is 9.42. The van der Waals surface area contributed by atoms with Crippen LogP contribution >= 0.6 is 0 Å². The molecule has 2 aromatic rings. The number of carbonyl (C=O) groups is 1. The molecule has 29 heavy (non-hydrogen) atoms. The van der Waals surface area contributed by atoms with Crippen molar-refractivity contribution in [3.63, 3.8) is 0 Å². The molecule has 0 amide bonds. The number of aryl methyl sites for hydroxylation is 1. The number of fused-ring (bicyclic) bond motifs is 1. The molecule has 2 fully saturated rings. The number of carboxylic acids is 1. The molecule has 2 atom stereocenters. The van der Waals surface area contributed by atoms with E-state index < -0.39 is 17.3 Å². The molecule has 0 bridgehead atoms. The van der Waals surface area contributed by atoms with Crippen molar-refractivity contribution in [3.8, 4) is 0 Å². The predicted molar refractivity (Wildman–Crippen MR) is 110 cm³/mol. The van der Waals surface area contributed by atoms with Gasteiger partial charge < -0.3 is 15.7 Å². The van der Waals surface area contributed by atoms with Crippen molar-refractivity contribution >= 4 is 17.2 Å². The number of hydrogen-bond donors (Lipinski definition) is 2. The van der Waals surface area contributed by atoms with Gasteiger partial charge in [0.05, 0.1) is 17.4 Å². The molecule has 6 nitrogen and oxygen atoms in total. The number of pyridine rings is 2. The van der Waals surface area contributed by atoms with Crippen LogP contribution in [0.3, 0.4) is 0 Å². The lowest BCUT2D eigenvalue weighted by atomic mass is 9.91. The second-order valence-electron chi connectivity index (χ2n) is 8.88. The van der Waals surface area contributed by atoms with Gasteiger partial charge in [0.25, 0.3) is 5.56 Å². The monoisotopic (exact) mass is 401 g/mol. The normalized spacial score (nSPS) is 20.6. The van der Waals surface area contributed by atoms with Crippen molar-refractivity contribution in [2.45, 2.75) is 52.0 Å². The second-order valence-corrected chi connectivity index (χ2v) is 8.88. The SMILES string of the molecule is Cc1c(N2CCC([C@@H](N)C(C)C)C2)c(F)cn2c(=O)c(C(=O)O)cc(C3CC3)c12. The van der Waals surface area contributed by atoms with Crippen LogP contribution in [0.1, 0.15) is 60.5 Å². The molecule has 1 unspecified atom stereocenters. The van der Waals surface area contributed by atoms with Crippen LogP contribution in [0.2, 0.25) is 0 Å². The number of aromatic carboxylic acids is 1. The highest BCUT2D eigenvalue weighted by molar-refractivity contribution is 5.89. The van der Waals surface area contributed by atoms with E-state index in [1.54, 1.807) is 0 Å². The first kappa shape index (κ1) is 19.9. The number of rotatable bonds is 5. The maximum absolute atomic E-state index is 15.2. The number of halogens is 1. The first-order valence-corrected chi connectivity index (χ1v) is 10.3. The molecule has 1 saturated heterocycles. The summed E-state index contributed by atoms with van der Waals surface area (Å²) in [6.07, 6.45) is 3.97. The Morgan fingerprint density at radius 1 is 1.31 bits per heavy atom. The van der Waals surface area contributed by atoms with Crippen molar-refractivity contribution in [2.24, 2.45) is 17.6 Å². The largest absolute Gasteiger partial charge is 0.477 e. The number of nitrogens with zero attached hydrogens (tertiary/aromatic N) is 2. The Kier molecular flexibility index (Phi) is 4.89. The number of aromatic nitrogens is 1. The van der Waals surface area contributed by atoms with Crippen molar-refractivity contribution in [2.75, 3.05) is 18.0 Å². The number of carboxylic acid groups (broad SMARTS) is 1. The van der Waals surface area contributed by atoms with Crippen molar-refractivity contribution in [1.82, 2.24) is 4.40 Å². The van der Waals surface area contributed by atoms with E-state index in [1.165, 1.54) is 10.5 Å². The van der Waals surface area contributed by atoms with Gasteiger partial charge in [-0.25, -0.2) is 9.18 Å². The first-order valence-electron chi connectivity index (χ1n) is 10.3. The van der Waals surface area contributed by atoms with Gasteiger partial charge in [-0.15, -0.1) is 0 Å². The Labute approximate surface area is 169 Å². The molecule has 2 aliphatic rings. The molecule has 3 heterocycles. The van der Waals surface area contributed by atoms with Crippen molar-refractivity contribution in [1.29, 1.82) is 0 Å². The molecule has 0 aromatic carbocycles. The van der Waals surface area contributed by atoms with Crippen molar-refractivity contribution < 1.29 is 14.3 Å². The Morgan fingerprint density at radius 3 is 2.59 bits per heavy atom. The van der Waals surface area contributed by atoms with Gasteiger partial charge in [0.15, 0.2) is 5.82 Å². The van der Waals surface area contributed by atoms with Crippen LogP contribution in [0.25, 0.3) is 5.52 Å². The summed E-state index contributed by atoms with van der Waals surface area (Å²) < 4.78 is 16.4. The van der Waals surface area contributed by atoms with Crippen LogP contribution in [0.15, 0.2) is 17.1 Å². The van der Waals surface area contributed by atoms with E-state index >= 15 is 4.39 Å². The van der Waals surface area contributed by atoms with Gasteiger partial charge >= 0.3 is 5.97 Å². The molecule has 7 heteroatoms. The van der Waals surface area contributed by atoms with E-state index in [2.05, 4.69) is 13.8 Å². The van der Waals surface area contributed by atoms with E-state index in [1.807, 2.05) is 11.8 Å². The zero-order chi connectivity index (χ0) is 21.0. The number of anilines is 1. The summed E-state index contributed by atoms with van der Waals surface area (Å²) in [5.74, 6) is -0.901. The zero-order valence-corrected chi connectivity index (χ0v) is 17.1. The maximum Gasteiger partial charge on any atom is 0.341 e. The fraction of sp³-hybridized carbons (Fsp3) is 0.545. The molecule has 4 rings (SSSR count). The fourth-order valence-electron chi connectivity index (χ4n) is 4.74. The van der Waals surface area contributed by atoms with Crippen LogP contribution in [0.4, 0.5) is 10.1 Å². The summed E-state index contributed by atoms with van der Waals surface area (Å²) in [6.45, 7) is 7.43. The van der Waals surface area contributed by atoms with Crippen LogP contribution in [0.5, 0.6) is 0 Å². The van der Waals surface area contributed by atoms with Crippen LogP contribution < -0.4 is 16.2 Å². The molecular weight excluding hydrogens is 373 g/mol. The molecule has 156 valence electrons. The summed E-state index contributed by atoms with van der Waals surface area (Å²) in [4.78, 5) is 26.3. The maximum atomic E-state index is 15.2. The second kappa shape index (κ2) is 7.13. The average molecular weight is 401 g/mol. The molecule has 3 N–H and O–H groups in total. The van der Waals surface area contributed by atoms with Gasteiger partial charge in [-0.2, -0.15) is 0 Å². The Morgan fingerprint density at radius 2 is 2.00 bits per heavy atom. The first-order chi connectivity index (χ1) is 13.7. The number of nitrogens with two attached hydrogens (primary N) is 1. The zero-order valence-electron chi connectivity index (χ0n) is 17.1. The summed E-state index contributed by atoms with van der Waals surface area (Å²) in [7, 11) is 0. The molecular formula is C22H28FN3O3. The summed E-state index contributed by atoms with van der Waals surface area (Å²) >= 11 is 0. The average Bonchev–Trinajstić information content (AvgIpc) is 3.39. The molecule has 0 spiro atoms. The molecule has 0 radical (unpaired) electrons.